The van der Waals surface area contributed by atoms with E-state index in [1.807, 2.05) is 6.26 Å². The molecule has 0 saturated carbocycles. The number of fused-ring (bicyclic) bond motifs is 2. The van der Waals surface area contributed by atoms with Gasteiger partial charge in [-0.1, -0.05) is 11.8 Å². The molecule has 122 valence electrons. The lowest BCUT2D eigenvalue weighted by Gasteiger charge is -2.29. The molecule has 3 heterocycles. The van der Waals surface area contributed by atoms with Crippen molar-refractivity contribution in [3.63, 3.8) is 0 Å². The number of benzene rings is 1. The highest BCUT2D eigenvalue weighted by Crippen LogP contribution is 2.37. The van der Waals surface area contributed by atoms with E-state index in [4.69, 9.17) is 4.74 Å². The second-order valence-electron chi connectivity index (χ2n) is 5.89. The van der Waals surface area contributed by atoms with Gasteiger partial charge in [-0.2, -0.15) is 0 Å². The van der Waals surface area contributed by atoms with Gasteiger partial charge in [0.05, 0.1) is 18.0 Å². The van der Waals surface area contributed by atoms with Crippen molar-refractivity contribution in [3.8, 4) is 0 Å². The van der Waals surface area contributed by atoms with E-state index < -0.39 is 11.6 Å². The predicted octanol–water partition coefficient (Wildman–Crippen LogP) is 3.17. The summed E-state index contributed by atoms with van der Waals surface area (Å²) in [6.07, 6.45) is 4.05. The number of thioether (sulfide) groups is 1. The second-order valence-corrected chi connectivity index (χ2v) is 6.66. The van der Waals surface area contributed by atoms with Crippen LogP contribution < -0.4 is 4.90 Å². The molecule has 1 aromatic heterocycles. The summed E-state index contributed by atoms with van der Waals surface area (Å²) in [5, 5.41) is 1.04. The molecule has 1 saturated heterocycles. The van der Waals surface area contributed by atoms with Crippen LogP contribution in [0.2, 0.25) is 0 Å². The third-order valence-electron chi connectivity index (χ3n) is 4.56. The lowest BCUT2D eigenvalue weighted by atomic mass is 10.0. The number of hydrogen-bond donors (Lipinski definition) is 0. The normalized spacial score (nSPS) is 21.0. The minimum atomic E-state index is -0.621. The van der Waals surface area contributed by atoms with Crippen LogP contribution in [0.1, 0.15) is 18.4 Å². The standard InChI is InChI=1S/C16H17F2N3OS/c1-23-16-19-14-12(18)7-11(17)10-4-3-9-8-22-6-2-5-21(9)15(20-16)13(10)14/h7,9H,2-6,8H2,1H3/t9-/m0/s1. The molecular weight excluding hydrogens is 320 g/mol. The predicted molar refractivity (Wildman–Crippen MR) is 86.1 cm³/mol. The molecule has 0 bridgehead atoms. The van der Waals surface area contributed by atoms with Crippen molar-refractivity contribution in [1.29, 1.82) is 0 Å². The number of aromatic nitrogens is 2. The number of nitrogens with zero attached hydrogens (tertiary/aromatic N) is 3. The second kappa shape index (κ2) is 5.87. The molecule has 2 aromatic rings. The van der Waals surface area contributed by atoms with Crippen LogP contribution in [-0.2, 0) is 11.2 Å². The first-order valence-electron chi connectivity index (χ1n) is 7.76. The van der Waals surface area contributed by atoms with Crippen molar-refractivity contribution in [2.45, 2.75) is 30.5 Å². The van der Waals surface area contributed by atoms with Gasteiger partial charge in [0.15, 0.2) is 11.0 Å². The quantitative estimate of drug-likeness (QED) is 0.590. The van der Waals surface area contributed by atoms with E-state index in [0.29, 0.717) is 41.6 Å². The van der Waals surface area contributed by atoms with Crippen molar-refractivity contribution < 1.29 is 13.5 Å². The minimum Gasteiger partial charge on any atom is -0.379 e. The fourth-order valence-corrected chi connectivity index (χ4v) is 3.83. The smallest absolute Gasteiger partial charge is 0.189 e. The highest BCUT2D eigenvalue weighted by molar-refractivity contribution is 7.98. The first kappa shape index (κ1) is 15.1. The minimum absolute atomic E-state index is 0.139. The molecule has 4 rings (SSSR count). The fraction of sp³-hybridized carbons (Fsp3) is 0.500. The number of aryl methyl sites for hydroxylation is 1. The van der Waals surface area contributed by atoms with Gasteiger partial charge >= 0.3 is 0 Å². The molecule has 7 heteroatoms. The largest absolute Gasteiger partial charge is 0.379 e. The van der Waals surface area contributed by atoms with Crippen LogP contribution in [-0.4, -0.2) is 42.0 Å². The van der Waals surface area contributed by atoms with Crippen molar-refractivity contribution in [1.82, 2.24) is 9.97 Å². The van der Waals surface area contributed by atoms with E-state index in [9.17, 15) is 8.78 Å². The molecule has 1 fully saturated rings. The number of anilines is 1. The Balaban J connectivity index is 2.03. The molecule has 1 aromatic carbocycles. The zero-order chi connectivity index (χ0) is 16.0. The van der Waals surface area contributed by atoms with Gasteiger partial charge in [0.25, 0.3) is 0 Å². The number of halogens is 2. The van der Waals surface area contributed by atoms with Crippen LogP contribution in [0, 0.1) is 11.6 Å². The summed E-state index contributed by atoms with van der Waals surface area (Å²) < 4.78 is 34.4. The maximum atomic E-state index is 14.4. The molecule has 2 aliphatic heterocycles. The maximum absolute atomic E-state index is 14.4. The topological polar surface area (TPSA) is 38.3 Å². The average molecular weight is 337 g/mol. The summed E-state index contributed by atoms with van der Waals surface area (Å²) in [7, 11) is 0. The zero-order valence-electron chi connectivity index (χ0n) is 12.8. The summed E-state index contributed by atoms with van der Waals surface area (Å²) in [4.78, 5) is 11.1. The SMILES string of the molecule is CSc1nc2c3c(c(F)cc(F)c3n1)CC[C@H]1COCCCN21. The van der Waals surface area contributed by atoms with Crippen LogP contribution in [0.15, 0.2) is 11.2 Å². The zero-order valence-corrected chi connectivity index (χ0v) is 13.6. The van der Waals surface area contributed by atoms with E-state index in [0.717, 1.165) is 25.5 Å². The molecule has 2 aliphatic rings. The Morgan fingerprint density at radius 2 is 2.17 bits per heavy atom. The molecule has 0 amide bonds. The lowest BCUT2D eigenvalue weighted by Crippen LogP contribution is -2.37. The Morgan fingerprint density at radius 1 is 1.30 bits per heavy atom. The average Bonchev–Trinajstić information content (AvgIpc) is 2.86. The highest BCUT2D eigenvalue weighted by Gasteiger charge is 2.31. The Morgan fingerprint density at radius 3 is 3.00 bits per heavy atom. The van der Waals surface area contributed by atoms with E-state index in [2.05, 4.69) is 14.9 Å². The van der Waals surface area contributed by atoms with Gasteiger partial charge in [-0.15, -0.1) is 0 Å². The third-order valence-corrected chi connectivity index (χ3v) is 5.11. The molecule has 0 spiro atoms. The third kappa shape index (κ3) is 2.46. The Bertz CT molecular complexity index is 771. The van der Waals surface area contributed by atoms with E-state index >= 15 is 0 Å². The van der Waals surface area contributed by atoms with Crippen molar-refractivity contribution in [3.05, 3.63) is 23.3 Å². The molecule has 0 radical (unpaired) electrons. The van der Waals surface area contributed by atoms with E-state index in [1.54, 1.807) is 0 Å². The summed E-state index contributed by atoms with van der Waals surface area (Å²) in [5.41, 5.74) is 0.749. The molecule has 23 heavy (non-hydrogen) atoms. The van der Waals surface area contributed by atoms with Gasteiger partial charge in [0.2, 0.25) is 0 Å². The first-order valence-corrected chi connectivity index (χ1v) is 8.98. The summed E-state index contributed by atoms with van der Waals surface area (Å²) in [5.74, 6) is -0.471. The summed E-state index contributed by atoms with van der Waals surface area (Å²) in [6.45, 7) is 2.08. The molecule has 4 nitrogen and oxygen atoms in total. The Hall–Kier alpha value is -1.47. The molecule has 0 unspecified atom stereocenters. The number of rotatable bonds is 1. The van der Waals surface area contributed by atoms with E-state index in [1.165, 1.54) is 11.8 Å². The van der Waals surface area contributed by atoms with Gasteiger partial charge in [-0.05, 0) is 25.5 Å². The van der Waals surface area contributed by atoms with Crippen LogP contribution in [0.4, 0.5) is 14.6 Å². The lowest BCUT2D eigenvalue weighted by molar-refractivity contribution is 0.132. The Kier molecular flexibility index (Phi) is 3.85. The number of ether oxygens (including phenoxy) is 1. The van der Waals surface area contributed by atoms with Crippen LogP contribution in [0.3, 0.4) is 0 Å². The number of hydrogen-bond acceptors (Lipinski definition) is 5. The van der Waals surface area contributed by atoms with Crippen LogP contribution >= 0.6 is 11.8 Å². The van der Waals surface area contributed by atoms with Crippen LogP contribution in [0.5, 0.6) is 0 Å². The van der Waals surface area contributed by atoms with Gasteiger partial charge < -0.3 is 9.64 Å². The highest BCUT2D eigenvalue weighted by atomic mass is 32.2. The van der Waals surface area contributed by atoms with Gasteiger partial charge in [0, 0.05) is 24.8 Å². The molecule has 0 aliphatic carbocycles. The van der Waals surface area contributed by atoms with E-state index in [-0.39, 0.29) is 11.6 Å². The van der Waals surface area contributed by atoms with Gasteiger partial charge in [-0.3, -0.25) is 0 Å². The fourth-order valence-electron chi connectivity index (χ4n) is 3.47. The monoisotopic (exact) mass is 337 g/mol. The first-order chi connectivity index (χ1) is 11.2. The summed E-state index contributed by atoms with van der Waals surface area (Å²) in [6, 6.07) is 1.09. The molecule has 1 atom stereocenters. The summed E-state index contributed by atoms with van der Waals surface area (Å²) >= 11 is 1.37. The van der Waals surface area contributed by atoms with Crippen molar-refractivity contribution in [2.24, 2.45) is 0 Å². The molecule has 0 N–H and O–H groups in total. The van der Waals surface area contributed by atoms with Crippen molar-refractivity contribution in [2.75, 3.05) is 30.9 Å². The van der Waals surface area contributed by atoms with Crippen molar-refractivity contribution >= 4 is 28.5 Å². The van der Waals surface area contributed by atoms with Crippen LogP contribution in [0.25, 0.3) is 10.9 Å². The van der Waals surface area contributed by atoms with Gasteiger partial charge in [0.1, 0.15) is 17.2 Å². The molecular formula is C16H17F2N3OS. The maximum Gasteiger partial charge on any atom is 0.189 e. The van der Waals surface area contributed by atoms with Gasteiger partial charge in [-0.25, -0.2) is 18.7 Å². The Labute approximate surface area is 137 Å².